The Labute approximate surface area is 111 Å². The highest BCUT2D eigenvalue weighted by Gasteiger charge is 2.24. The van der Waals surface area contributed by atoms with Crippen molar-refractivity contribution >= 4 is 16.6 Å². The standard InChI is InChI=1S/C16H14FNO/c1-10(2)14(9-18)16(19)13-7-8-15(17)12-6-4-3-5-11(12)13/h3-8,10,14H,1-2H3. The molecule has 19 heavy (non-hydrogen) atoms. The molecule has 1 atom stereocenters. The van der Waals surface area contributed by atoms with Crippen molar-refractivity contribution in [2.24, 2.45) is 11.8 Å². The van der Waals surface area contributed by atoms with Gasteiger partial charge in [0.25, 0.3) is 0 Å². The molecule has 2 aromatic rings. The zero-order chi connectivity index (χ0) is 14.0. The number of nitrogens with zero attached hydrogens (tertiary/aromatic N) is 1. The normalized spacial score (nSPS) is 12.4. The highest BCUT2D eigenvalue weighted by Crippen LogP contribution is 2.25. The first-order chi connectivity index (χ1) is 9.06. The molecule has 0 aliphatic carbocycles. The Morgan fingerprint density at radius 3 is 2.37 bits per heavy atom. The fourth-order valence-electron chi connectivity index (χ4n) is 2.16. The van der Waals surface area contributed by atoms with Crippen LogP contribution in [-0.4, -0.2) is 5.78 Å². The molecule has 0 saturated carbocycles. The summed E-state index contributed by atoms with van der Waals surface area (Å²) in [5.74, 6) is -1.37. The molecule has 0 N–H and O–H groups in total. The summed E-state index contributed by atoms with van der Waals surface area (Å²) in [6.45, 7) is 3.66. The van der Waals surface area contributed by atoms with Gasteiger partial charge >= 0.3 is 0 Å². The molecule has 0 amide bonds. The van der Waals surface area contributed by atoms with Crippen LogP contribution in [0.2, 0.25) is 0 Å². The van der Waals surface area contributed by atoms with Gasteiger partial charge in [-0.1, -0.05) is 38.1 Å². The number of nitriles is 1. The summed E-state index contributed by atoms with van der Waals surface area (Å²) < 4.78 is 13.7. The van der Waals surface area contributed by atoms with Crippen molar-refractivity contribution in [2.75, 3.05) is 0 Å². The third-order valence-corrected chi connectivity index (χ3v) is 3.22. The maximum atomic E-state index is 13.7. The molecule has 0 fully saturated rings. The van der Waals surface area contributed by atoms with Crippen LogP contribution in [0.15, 0.2) is 36.4 Å². The number of fused-ring (bicyclic) bond motifs is 1. The number of hydrogen-bond donors (Lipinski definition) is 0. The van der Waals surface area contributed by atoms with Gasteiger partial charge in [0.15, 0.2) is 5.78 Å². The minimum absolute atomic E-state index is 0.0682. The van der Waals surface area contributed by atoms with Crippen LogP contribution in [0.3, 0.4) is 0 Å². The van der Waals surface area contributed by atoms with Crippen LogP contribution >= 0.6 is 0 Å². The molecule has 0 bridgehead atoms. The number of ketones is 1. The van der Waals surface area contributed by atoms with E-state index in [1.165, 1.54) is 12.1 Å². The molecule has 0 saturated heterocycles. The summed E-state index contributed by atoms with van der Waals surface area (Å²) >= 11 is 0. The second kappa shape index (κ2) is 5.19. The topological polar surface area (TPSA) is 40.9 Å². The molecule has 3 heteroatoms. The first-order valence-electron chi connectivity index (χ1n) is 6.17. The van der Waals surface area contributed by atoms with E-state index in [0.717, 1.165) is 0 Å². The maximum Gasteiger partial charge on any atom is 0.180 e. The summed E-state index contributed by atoms with van der Waals surface area (Å²) in [6.07, 6.45) is 0. The van der Waals surface area contributed by atoms with E-state index in [1.807, 2.05) is 19.9 Å². The number of hydrogen-bond acceptors (Lipinski definition) is 2. The minimum Gasteiger partial charge on any atom is -0.293 e. The molecule has 0 heterocycles. The number of Topliss-reactive ketones (excluding diaryl/α,β-unsaturated/α-hetero) is 1. The van der Waals surface area contributed by atoms with Crippen LogP contribution in [0, 0.1) is 29.0 Å². The molecular weight excluding hydrogens is 241 g/mol. The van der Waals surface area contributed by atoms with Crippen LogP contribution in [0.5, 0.6) is 0 Å². The van der Waals surface area contributed by atoms with E-state index in [9.17, 15) is 9.18 Å². The van der Waals surface area contributed by atoms with Gasteiger partial charge in [-0.05, 0) is 23.4 Å². The second-order valence-electron chi connectivity index (χ2n) is 4.86. The van der Waals surface area contributed by atoms with E-state index in [0.29, 0.717) is 16.3 Å². The zero-order valence-corrected chi connectivity index (χ0v) is 10.9. The number of rotatable bonds is 3. The number of carbonyl (C=O) groups is 1. The van der Waals surface area contributed by atoms with E-state index < -0.39 is 5.92 Å². The van der Waals surface area contributed by atoms with Crippen molar-refractivity contribution in [1.82, 2.24) is 0 Å². The van der Waals surface area contributed by atoms with Crippen molar-refractivity contribution in [3.63, 3.8) is 0 Å². The Balaban J connectivity index is 2.61. The highest BCUT2D eigenvalue weighted by molar-refractivity contribution is 6.10. The Kier molecular flexibility index (Phi) is 3.62. The van der Waals surface area contributed by atoms with Gasteiger partial charge < -0.3 is 0 Å². The fraction of sp³-hybridized carbons (Fsp3) is 0.250. The molecule has 2 nitrogen and oxygen atoms in total. The van der Waals surface area contributed by atoms with E-state index in [4.69, 9.17) is 5.26 Å². The predicted octanol–water partition coefficient (Wildman–Crippen LogP) is 3.96. The van der Waals surface area contributed by atoms with Gasteiger partial charge in [0.05, 0.1) is 6.07 Å². The Hall–Kier alpha value is -2.21. The smallest absolute Gasteiger partial charge is 0.180 e. The molecule has 96 valence electrons. The van der Waals surface area contributed by atoms with Crippen molar-refractivity contribution in [3.8, 4) is 6.07 Å². The first-order valence-corrected chi connectivity index (χ1v) is 6.17. The monoisotopic (exact) mass is 255 g/mol. The van der Waals surface area contributed by atoms with Crippen LogP contribution in [0.1, 0.15) is 24.2 Å². The predicted molar refractivity (Wildman–Crippen MR) is 72.2 cm³/mol. The zero-order valence-electron chi connectivity index (χ0n) is 10.9. The molecular formula is C16H14FNO. The molecule has 2 aromatic carbocycles. The van der Waals surface area contributed by atoms with Crippen LogP contribution in [-0.2, 0) is 0 Å². The van der Waals surface area contributed by atoms with Gasteiger partial charge in [0.1, 0.15) is 11.7 Å². The van der Waals surface area contributed by atoms with E-state index >= 15 is 0 Å². The lowest BCUT2D eigenvalue weighted by Crippen LogP contribution is -2.19. The van der Waals surface area contributed by atoms with Crippen molar-refractivity contribution in [1.29, 1.82) is 5.26 Å². The molecule has 0 radical (unpaired) electrons. The Morgan fingerprint density at radius 1 is 1.16 bits per heavy atom. The van der Waals surface area contributed by atoms with Crippen LogP contribution in [0.4, 0.5) is 4.39 Å². The lowest BCUT2D eigenvalue weighted by Gasteiger charge is -2.13. The van der Waals surface area contributed by atoms with Gasteiger partial charge in [-0.3, -0.25) is 4.79 Å². The van der Waals surface area contributed by atoms with Gasteiger partial charge in [-0.25, -0.2) is 4.39 Å². The lowest BCUT2D eigenvalue weighted by molar-refractivity contribution is 0.0926. The average molecular weight is 255 g/mol. The number of benzene rings is 2. The van der Waals surface area contributed by atoms with Gasteiger partial charge in [-0.15, -0.1) is 0 Å². The third kappa shape index (κ3) is 2.34. The number of carbonyl (C=O) groups excluding carboxylic acids is 1. The summed E-state index contributed by atoms with van der Waals surface area (Å²) in [5.41, 5.74) is 0.414. The Morgan fingerprint density at radius 2 is 1.79 bits per heavy atom. The molecule has 0 aromatic heterocycles. The van der Waals surface area contributed by atoms with Gasteiger partial charge in [0, 0.05) is 10.9 Å². The average Bonchev–Trinajstić information content (AvgIpc) is 2.39. The van der Waals surface area contributed by atoms with Crippen molar-refractivity contribution in [2.45, 2.75) is 13.8 Å². The van der Waals surface area contributed by atoms with Crippen LogP contribution in [0.25, 0.3) is 10.8 Å². The highest BCUT2D eigenvalue weighted by atomic mass is 19.1. The molecule has 1 unspecified atom stereocenters. The molecule has 0 aliphatic rings. The largest absolute Gasteiger partial charge is 0.293 e. The van der Waals surface area contributed by atoms with E-state index in [1.54, 1.807) is 24.3 Å². The molecule has 2 rings (SSSR count). The summed E-state index contributed by atoms with van der Waals surface area (Å²) in [5, 5.41) is 10.1. The van der Waals surface area contributed by atoms with E-state index in [2.05, 4.69) is 0 Å². The first kappa shape index (κ1) is 13.2. The Bertz CT molecular complexity index is 670. The summed E-state index contributed by atoms with van der Waals surface area (Å²) in [4.78, 5) is 12.4. The molecule has 0 spiro atoms. The summed E-state index contributed by atoms with van der Waals surface area (Å²) in [6, 6.07) is 11.6. The lowest BCUT2D eigenvalue weighted by atomic mass is 9.87. The minimum atomic E-state index is -0.700. The summed E-state index contributed by atoms with van der Waals surface area (Å²) in [7, 11) is 0. The van der Waals surface area contributed by atoms with Crippen molar-refractivity contribution < 1.29 is 9.18 Å². The second-order valence-corrected chi connectivity index (χ2v) is 4.86. The quantitative estimate of drug-likeness (QED) is 0.779. The van der Waals surface area contributed by atoms with E-state index in [-0.39, 0.29) is 17.5 Å². The maximum absolute atomic E-state index is 13.7. The number of halogens is 1. The van der Waals surface area contributed by atoms with Gasteiger partial charge in [0.2, 0.25) is 0 Å². The van der Waals surface area contributed by atoms with Gasteiger partial charge in [-0.2, -0.15) is 5.26 Å². The molecule has 0 aliphatic heterocycles. The van der Waals surface area contributed by atoms with Crippen molar-refractivity contribution in [3.05, 3.63) is 47.8 Å². The fourth-order valence-corrected chi connectivity index (χ4v) is 2.16. The SMILES string of the molecule is CC(C)C(C#N)C(=O)c1ccc(F)c2ccccc12. The van der Waals surface area contributed by atoms with Crippen LogP contribution < -0.4 is 0 Å². The third-order valence-electron chi connectivity index (χ3n) is 3.22.